The molecule has 0 bridgehead atoms. The van der Waals surface area contributed by atoms with E-state index < -0.39 is 0 Å². The highest BCUT2D eigenvalue weighted by Gasteiger charge is 2.26. The van der Waals surface area contributed by atoms with Crippen LogP contribution in [0.5, 0.6) is 5.75 Å². The van der Waals surface area contributed by atoms with Crippen molar-refractivity contribution in [3.05, 3.63) is 71.5 Å². The second-order valence-corrected chi connectivity index (χ2v) is 8.13. The number of nitrogens with zero attached hydrogens (tertiary/aromatic N) is 3. The van der Waals surface area contributed by atoms with Crippen molar-refractivity contribution in [2.24, 2.45) is 0 Å². The van der Waals surface area contributed by atoms with E-state index in [0.29, 0.717) is 12.4 Å². The number of benzene rings is 2. The molecular formula is C25H28N4O2. The number of methoxy groups -OCH3 is 1. The SMILES string of the molecule is COc1ccc(-c2nccc(C3CCCN(C(=O)Nc4cc(C)cc(C)c4)C3)n2)cc1. The van der Waals surface area contributed by atoms with Gasteiger partial charge in [-0.25, -0.2) is 14.8 Å². The Bertz CT molecular complexity index is 1050. The van der Waals surface area contributed by atoms with Crippen LogP contribution in [0.15, 0.2) is 54.7 Å². The van der Waals surface area contributed by atoms with E-state index in [-0.39, 0.29) is 11.9 Å². The van der Waals surface area contributed by atoms with Crippen LogP contribution >= 0.6 is 0 Å². The van der Waals surface area contributed by atoms with Gasteiger partial charge in [-0.05, 0) is 80.3 Å². The summed E-state index contributed by atoms with van der Waals surface area (Å²) in [7, 11) is 1.65. The van der Waals surface area contributed by atoms with E-state index in [0.717, 1.165) is 53.2 Å². The van der Waals surface area contributed by atoms with Crippen LogP contribution < -0.4 is 10.1 Å². The monoisotopic (exact) mass is 416 g/mol. The van der Waals surface area contributed by atoms with Crippen LogP contribution in [0.1, 0.15) is 35.6 Å². The van der Waals surface area contributed by atoms with Crippen LogP contribution in [0.4, 0.5) is 10.5 Å². The molecule has 1 aliphatic heterocycles. The van der Waals surface area contributed by atoms with Crippen molar-refractivity contribution in [3.63, 3.8) is 0 Å². The highest BCUT2D eigenvalue weighted by atomic mass is 16.5. The number of carbonyl (C=O) groups excluding carboxylic acids is 1. The van der Waals surface area contributed by atoms with E-state index >= 15 is 0 Å². The second-order valence-electron chi connectivity index (χ2n) is 8.13. The topological polar surface area (TPSA) is 67.3 Å². The van der Waals surface area contributed by atoms with Crippen LogP contribution in [-0.2, 0) is 0 Å². The zero-order chi connectivity index (χ0) is 21.8. The Kier molecular flexibility index (Phi) is 6.16. The van der Waals surface area contributed by atoms with E-state index in [2.05, 4.69) is 16.4 Å². The molecule has 2 amide bonds. The van der Waals surface area contributed by atoms with Crippen LogP contribution in [0.2, 0.25) is 0 Å². The number of rotatable bonds is 4. The molecule has 0 aliphatic carbocycles. The van der Waals surface area contributed by atoms with Gasteiger partial charge in [-0.2, -0.15) is 0 Å². The lowest BCUT2D eigenvalue weighted by molar-refractivity contribution is 0.192. The molecule has 1 N–H and O–H groups in total. The number of aryl methyl sites for hydroxylation is 2. The first kappa shape index (κ1) is 20.8. The zero-order valence-electron chi connectivity index (χ0n) is 18.3. The summed E-state index contributed by atoms with van der Waals surface area (Å²) in [5.74, 6) is 1.69. The number of likely N-dealkylation sites (tertiary alicyclic amines) is 1. The first-order valence-electron chi connectivity index (χ1n) is 10.6. The van der Waals surface area contributed by atoms with Crippen molar-refractivity contribution >= 4 is 11.7 Å². The molecule has 1 atom stereocenters. The Labute approximate surface area is 183 Å². The molecule has 2 heterocycles. The molecule has 0 radical (unpaired) electrons. The van der Waals surface area contributed by atoms with Gasteiger partial charge in [0.15, 0.2) is 5.82 Å². The Morgan fingerprint density at radius 1 is 1.10 bits per heavy atom. The molecule has 6 heteroatoms. The van der Waals surface area contributed by atoms with Crippen molar-refractivity contribution in [1.29, 1.82) is 0 Å². The number of piperidine rings is 1. The lowest BCUT2D eigenvalue weighted by atomic mass is 9.94. The fourth-order valence-corrected chi connectivity index (χ4v) is 4.13. The third-order valence-electron chi connectivity index (χ3n) is 5.63. The van der Waals surface area contributed by atoms with Gasteiger partial charge in [0.2, 0.25) is 0 Å². The number of hydrogen-bond acceptors (Lipinski definition) is 4. The quantitative estimate of drug-likeness (QED) is 0.636. The number of urea groups is 1. The number of amides is 2. The Morgan fingerprint density at radius 3 is 2.55 bits per heavy atom. The minimum absolute atomic E-state index is 0.0564. The summed E-state index contributed by atoms with van der Waals surface area (Å²) in [6, 6.07) is 15.7. The van der Waals surface area contributed by atoms with Crippen molar-refractivity contribution in [2.45, 2.75) is 32.6 Å². The molecular weight excluding hydrogens is 388 g/mol. The smallest absolute Gasteiger partial charge is 0.321 e. The first-order valence-corrected chi connectivity index (χ1v) is 10.6. The minimum atomic E-state index is -0.0564. The zero-order valence-corrected chi connectivity index (χ0v) is 18.3. The van der Waals surface area contributed by atoms with Gasteiger partial charge >= 0.3 is 6.03 Å². The van der Waals surface area contributed by atoms with Gasteiger partial charge in [0.05, 0.1) is 7.11 Å². The third-order valence-corrected chi connectivity index (χ3v) is 5.63. The minimum Gasteiger partial charge on any atom is -0.497 e. The molecule has 0 spiro atoms. The van der Waals surface area contributed by atoms with E-state index in [4.69, 9.17) is 9.72 Å². The van der Waals surface area contributed by atoms with Crippen molar-refractivity contribution in [2.75, 3.05) is 25.5 Å². The summed E-state index contributed by atoms with van der Waals surface area (Å²) < 4.78 is 5.23. The van der Waals surface area contributed by atoms with Crippen molar-refractivity contribution in [1.82, 2.24) is 14.9 Å². The van der Waals surface area contributed by atoms with Gasteiger partial charge < -0.3 is 15.0 Å². The van der Waals surface area contributed by atoms with Gasteiger partial charge in [0.25, 0.3) is 0 Å². The van der Waals surface area contributed by atoms with Gasteiger partial charge in [0.1, 0.15) is 5.75 Å². The predicted octanol–water partition coefficient (Wildman–Crippen LogP) is 5.18. The molecule has 1 aromatic heterocycles. The highest BCUT2D eigenvalue weighted by molar-refractivity contribution is 5.89. The fraction of sp³-hybridized carbons (Fsp3) is 0.320. The predicted molar refractivity (Wildman–Crippen MR) is 123 cm³/mol. The molecule has 0 saturated carbocycles. The van der Waals surface area contributed by atoms with Crippen LogP contribution in [0, 0.1) is 13.8 Å². The number of hydrogen-bond donors (Lipinski definition) is 1. The first-order chi connectivity index (χ1) is 15.0. The normalized spacial score (nSPS) is 16.1. The maximum absolute atomic E-state index is 12.9. The summed E-state index contributed by atoms with van der Waals surface area (Å²) in [6.45, 7) is 5.48. The summed E-state index contributed by atoms with van der Waals surface area (Å²) in [6.07, 6.45) is 3.76. The molecule has 1 fully saturated rings. The van der Waals surface area contributed by atoms with Gasteiger partial charge in [-0.3, -0.25) is 0 Å². The van der Waals surface area contributed by atoms with Gasteiger partial charge in [0, 0.05) is 42.1 Å². The second kappa shape index (κ2) is 9.16. The number of anilines is 1. The van der Waals surface area contributed by atoms with E-state index in [9.17, 15) is 4.79 Å². The van der Waals surface area contributed by atoms with Crippen LogP contribution in [-0.4, -0.2) is 41.1 Å². The van der Waals surface area contributed by atoms with Crippen LogP contribution in [0.3, 0.4) is 0 Å². The number of nitrogens with one attached hydrogen (secondary N) is 1. The number of ether oxygens (including phenoxy) is 1. The maximum Gasteiger partial charge on any atom is 0.321 e. The summed E-state index contributed by atoms with van der Waals surface area (Å²) in [4.78, 5) is 24.0. The van der Waals surface area contributed by atoms with Gasteiger partial charge in [-0.1, -0.05) is 6.07 Å². The Hall–Kier alpha value is -3.41. The van der Waals surface area contributed by atoms with E-state index in [1.165, 1.54) is 0 Å². The number of carbonyl (C=O) groups is 1. The summed E-state index contributed by atoms with van der Waals surface area (Å²) >= 11 is 0. The molecule has 2 aromatic carbocycles. The molecule has 4 rings (SSSR count). The molecule has 3 aromatic rings. The average molecular weight is 417 g/mol. The molecule has 1 aliphatic rings. The molecule has 1 unspecified atom stereocenters. The summed E-state index contributed by atoms with van der Waals surface area (Å²) in [5.41, 5.74) is 5.04. The lowest BCUT2D eigenvalue weighted by Crippen LogP contribution is -2.41. The summed E-state index contributed by atoms with van der Waals surface area (Å²) in [5, 5.41) is 3.06. The largest absolute Gasteiger partial charge is 0.497 e. The maximum atomic E-state index is 12.9. The molecule has 1 saturated heterocycles. The lowest BCUT2D eigenvalue weighted by Gasteiger charge is -2.32. The highest BCUT2D eigenvalue weighted by Crippen LogP contribution is 2.28. The molecule has 160 valence electrons. The standard InChI is InChI=1S/C25H28N4O2/c1-17-13-18(2)15-21(14-17)27-25(30)29-12-4-5-20(16-29)23-10-11-26-24(28-23)19-6-8-22(31-3)9-7-19/h6-11,13-15,20H,4-5,12,16H2,1-3H3,(H,27,30). The van der Waals surface area contributed by atoms with Crippen molar-refractivity contribution < 1.29 is 9.53 Å². The Balaban J connectivity index is 1.47. The number of aromatic nitrogens is 2. The molecule has 31 heavy (non-hydrogen) atoms. The molecule has 6 nitrogen and oxygen atoms in total. The Morgan fingerprint density at radius 2 is 1.84 bits per heavy atom. The third kappa shape index (κ3) is 5.02. The van der Waals surface area contributed by atoms with E-state index in [1.807, 2.05) is 61.2 Å². The van der Waals surface area contributed by atoms with Crippen molar-refractivity contribution in [3.8, 4) is 17.1 Å². The van der Waals surface area contributed by atoms with Gasteiger partial charge in [-0.15, -0.1) is 0 Å². The fourth-order valence-electron chi connectivity index (χ4n) is 4.13. The van der Waals surface area contributed by atoms with Crippen LogP contribution in [0.25, 0.3) is 11.4 Å². The van der Waals surface area contributed by atoms with E-state index in [1.54, 1.807) is 13.3 Å². The average Bonchev–Trinajstić information content (AvgIpc) is 2.78.